The molecular weight excluding hydrogens is 384 g/mol. The molecule has 0 bridgehead atoms. The molecule has 2 aliphatic rings. The van der Waals surface area contributed by atoms with Gasteiger partial charge in [0.15, 0.2) is 0 Å². The average Bonchev–Trinajstić information content (AvgIpc) is 3.36. The number of hydrogen-bond donors (Lipinski definition) is 3. The number of nitrogens with one attached hydrogen (secondary N) is 2. The van der Waals surface area contributed by atoms with E-state index in [1.54, 1.807) is 0 Å². The Bertz CT molecular complexity index is 968. The molecule has 1 saturated heterocycles. The zero-order chi connectivity index (χ0) is 21.0. The van der Waals surface area contributed by atoms with Crippen LogP contribution in [0.3, 0.4) is 0 Å². The van der Waals surface area contributed by atoms with Gasteiger partial charge in [-0.05, 0) is 103 Å². The lowest BCUT2D eigenvalue weighted by atomic mass is 9.82. The van der Waals surface area contributed by atoms with E-state index in [0.29, 0.717) is 23.7 Å². The van der Waals surface area contributed by atoms with E-state index < -0.39 is 0 Å². The first kappa shape index (κ1) is 20.3. The molecule has 31 heavy (non-hydrogen) atoms. The van der Waals surface area contributed by atoms with E-state index >= 15 is 0 Å². The number of hydrogen-bond acceptors (Lipinski definition) is 5. The Morgan fingerprint density at radius 3 is 2.35 bits per heavy atom. The normalized spacial score (nSPS) is 22.5. The lowest BCUT2D eigenvalue weighted by Crippen LogP contribution is -2.27. The van der Waals surface area contributed by atoms with Gasteiger partial charge in [-0.3, -0.25) is 0 Å². The van der Waals surface area contributed by atoms with E-state index in [1.165, 1.54) is 42.4 Å². The van der Waals surface area contributed by atoms with E-state index in [2.05, 4.69) is 68.4 Å². The maximum Gasteiger partial charge on any atom is 0.205 e. The molecule has 2 heterocycles. The molecule has 2 fully saturated rings. The number of nitrogens with two attached hydrogens (primary N) is 1. The van der Waals surface area contributed by atoms with Gasteiger partial charge in [-0.15, -0.1) is 10.2 Å². The molecule has 0 spiro atoms. The highest BCUT2D eigenvalue weighted by atomic mass is 15.5. The SMILES string of the molecule is NC1CCC(Cc2ccc(-c3ccc(C4CCNCC4)cc3)c(-c3nn[nH]n3)c2)CC1. The van der Waals surface area contributed by atoms with Crippen molar-refractivity contribution in [3.8, 4) is 22.5 Å². The monoisotopic (exact) mass is 416 g/mol. The maximum absolute atomic E-state index is 6.09. The second-order valence-corrected chi connectivity index (χ2v) is 9.25. The first-order chi connectivity index (χ1) is 15.3. The van der Waals surface area contributed by atoms with Crippen molar-refractivity contribution in [3.05, 3.63) is 53.6 Å². The predicted octanol–water partition coefficient (Wildman–Crippen LogP) is 4.06. The molecule has 6 heteroatoms. The van der Waals surface area contributed by atoms with Gasteiger partial charge in [-0.25, -0.2) is 0 Å². The summed E-state index contributed by atoms with van der Waals surface area (Å²) < 4.78 is 0. The molecule has 1 saturated carbocycles. The first-order valence-corrected chi connectivity index (χ1v) is 11.7. The Labute approximate surface area is 184 Å². The predicted molar refractivity (Wildman–Crippen MR) is 124 cm³/mol. The summed E-state index contributed by atoms with van der Waals surface area (Å²) in [5, 5.41) is 18.5. The summed E-state index contributed by atoms with van der Waals surface area (Å²) >= 11 is 0. The fourth-order valence-electron chi connectivity index (χ4n) is 5.25. The highest BCUT2D eigenvalue weighted by Gasteiger charge is 2.20. The maximum atomic E-state index is 6.09. The Hall–Kier alpha value is -2.57. The standard InChI is InChI=1S/C25H32N6/c26-22-8-1-17(2-9-22)15-18-3-10-23(24(16-18)25-28-30-31-29-25)21-6-4-19(5-7-21)20-11-13-27-14-12-20/h3-7,10,16-17,20,22,27H,1-2,8-9,11-15,26H2,(H,28,29,30,31). The molecule has 0 radical (unpaired) electrons. The van der Waals surface area contributed by atoms with Gasteiger partial charge in [0.25, 0.3) is 0 Å². The zero-order valence-corrected chi connectivity index (χ0v) is 18.1. The van der Waals surface area contributed by atoms with Crippen LogP contribution in [0.4, 0.5) is 0 Å². The van der Waals surface area contributed by atoms with Crippen LogP contribution < -0.4 is 11.1 Å². The third kappa shape index (κ3) is 4.70. The van der Waals surface area contributed by atoms with E-state index in [0.717, 1.165) is 43.5 Å². The topological polar surface area (TPSA) is 92.5 Å². The summed E-state index contributed by atoms with van der Waals surface area (Å²) in [5.74, 6) is 2.04. The van der Waals surface area contributed by atoms with Crippen LogP contribution in [0.15, 0.2) is 42.5 Å². The van der Waals surface area contributed by atoms with Crippen molar-refractivity contribution in [2.45, 2.75) is 56.9 Å². The Morgan fingerprint density at radius 1 is 0.871 bits per heavy atom. The van der Waals surface area contributed by atoms with Crippen LogP contribution in [-0.4, -0.2) is 39.8 Å². The molecule has 0 unspecified atom stereocenters. The Balaban J connectivity index is 1.41. The second-order valence-electron chi connectivity index (χ2n) is 9.25. The number of aromatic nitrogens is 4. The number of rotatable bonds is 5. The summed E-state index contributed by atoms with van der Waals surface area (Å²) in [4.78, 5) is 0. The van der Waals surface area contributed by atoms with Crippen LogP contribution in [0, 0.1) is 5.92 Å². The first-order valence-electron chi connectivity index (χ1n) is 11.7. The van der Waals surface area contributed by atoms with Crippen LogP contribution in [0.25, 0.3) is 22.5 Å². The minimum atomic E-state index is 0.390. The van der Waals surface area contributed by atoms with Crippen molar-refractivity contribution < 1.29 is 0 Å². The van der Waals surface area contributed by atoms with Gasteiger partial charge in [-0.2, -0.15) is 5.21 Å². The number of nitrogens with zero attached hydrogens (tertiary/aromatic N) is 3. The summed E-state index contributed by atoms with van der Waals surface area (Å²) in [6, 6.07) is 16.2. The largest absolute Gasteiger partial charge is 0.328 e. The molecule has 1 aliphatic carbocycles. The Morgan fingerprint density at radius 2 is 1.65 bits per heavy atom. The summed E-state index contributed by atoms with van der Waals surface area (Å²) in [7, 11) is 0. The molecular formula is C25H32N6. The molecule has 2 aromatic carbocycles. The van der Waals surface area contributed by atoms with Gasteiger partial charge in [0.2, 0.25) is 5.82 Å². The van der Waals surface area contributed by atoms with Crippen LogP contribution in [0.5, 0.6) is 0 Å². The third-order valence-corrected chi connectivity index (χ3v) is 7.12. The van der Waals surface area contributed by atoms with Gasteiger partial charge in [0, 0.05) is 11.6 Å². The minimum Gasteiger partial charge on any atom is -0.328 e. The van der Waals surface area contributed by atoms with E-state index in [9.17, 15) is 0 Å². The highest BCUT2D eigenvalue weighted by Crippen LogP contribution is 2.34. The van der Waals surface area contributed by atoms with Crippen LogP contribution in [-0.2, 0) is 6.42 Å². The molecule has 3 aromatic rings. The van der Waals surface area contributed by atoms with Crippen LogP contribution in [0.2, 0.25) is 0 Å². The van der Waals surface area contributed by atoms with Crippen molar-refractivity contribution in [3.63, 3.8) is 0 Å². The summed E-state index contributed by atoms with van der Waals surface area (Å²) in [6.07, 6.45) is 8.25. The quantitative estimate of drug-likeness (QED) is 0.583. The molecule has 162 valence electrons. The van der Waals surface area contributed by atoms with E-state index in [-0.39, 0.29) is 0 Å². The number of H-pyrrole nitrogens is 1. The number of tetrazole rings is 1. The molecule has 1 aliphatic heterocycles. The van der Waals surface area contributed by atoms with Crippen molar-refractivity contribution in [2.75, 3.05) is 13.1 Å². The van der Waals surface area contributed by atoms with Crippen molar-refractivity contribution in [1.82, 2.24) is 25.9 Å². The molecule has 0 amide bonds. The zero-order valence-electron chi connectivity index (χ0n) is 18.1. The fraction of sp³-hybridized carbons (Fsp3) is 0.480. The smallest absolute Gasteiger partial charge is 0.205 e. The number of aromatic amines is 1. The van der Waals surface area contributed by atoms with Crippen molar-refractivity contribution >= 4 is 0 Å². The summed E-state index contributed by atoms with van der Waals surface area (Å²) in [5.41, 5.74) is 12.3. The highest BCUT2D eigenvalue weighted by molar-refractivity contribution is 5.81. The van der Waals surface area contributed by atoms with Gasteiger partial charge in [0.05, 0.1) is 0 Å². The summed E-state index contributed by atoms with van der Waals surface area (Å²) in [6.45, 7) is 2.23. The van der Waals surface area contributed by atoms with Gasteiger partial charge in [0.1, 0.15) is 0 Å². The fourth-order valence-corrected chi connectivity index (χ4v) is 5.25. The van der Waals surface area contributed by atoms with Gasteiger partial charge >= 0.3 is 0 Å². The number of piperidine rings is 1. The van der Waals surface area contributed by atoms with Gasteiger partial charge in [-0.1, -0.05) is 36.4 Å². The van der Waals surface area contributed by atoms with Crippen molar-refractivity contribution in [2.24, 2.45) is 11.7 Å². The molecule has 1 aromatic heterocycles. The molecule has 5 rings (SSSR count). The van der Waals surface area contributed by atoms with E-state index in [4.69, 9.17) is 5.73 Å². The molecule has 0 atom stereocenters. The lowest BCUT2D eigenvalue weighted by Gasteiger charge is -2.26. The average molecular weight is 417 g/mol. The van der Waals surface area contributed by atoms with Crippen LogP contribution >= 0.6 is 0 Å². The van der Waals surface area contributed by atoms with Gasteiger partial charge < -0.3 is 11.1 Å². The van der Waals surface area contributed by atoms with E-state index in [1.807, 2.05) is 0 Å². The number of benzene rings is 2. The second kappa shape index (κ2) is 9.28. The Kier molecular flexibility index (Phi) is 6.09. The molecule has 6 nitrogen and oxygen atoms in total. The molecule has 4 N–H and O–H groups in total. The van der Waals surface area contributed by atoms with Crippen LogP contribution in [0.1, 0.15) is 55.6 Å². The van der Waals surface area contributed by atoms with Crippen molar-refractivity contribution in [1.29, 1.82) is 0 Å². The third-order valence-electron chi connectivity index (χ3n) is 7.12. The lowest BCUT2D eigenvalue weighted by molar-refractivity contribution is 0.325. The minimum absolute atomic E-state index is 0.390.